The molecule has 2 aromatic carbocycles. The van der Waals surface area contributed by atoms with Crippen LogP contribution < -0.4 is 5.32 Å². The number of aryl methyl sites for hydroxylation is 4. The summed E-state index contributed by atoms with van der Waals surface area (Å²) >= 11 is 0. The molecule has 126 valence electrons. The summed E-state index contributed by atoms with van der Waals surface area (Å²) in [6.45, 7) is 7.82. The Bertz CT molecular complexity index is 760. The van der Waals surface area contributed by atoms with E-state index in [2.05, 4.69) is 5.32 Å². The second-order valence-corrected chi connectivity index (χ2v) is 6.36. The van der Waals surface area contributed by atoms with Gasteiger partial charge < -0.3 is 10.4 Å². The molecule has 0 aliphatic rings. The van der Waals surface area contributed by atoms with E-state index in [1.165, 1.54) is 0 Å². The SMILES string of the molecule is Cc1cc(C)cc(C(=O)N[C@H](Cc2ccc(C)c(C)c2)C(=O)O)c1. The first-order valence-electron chi connectivity index (χ1n) is 7.94. The topological polar surface area (TPSA) is 66.4 Å². The predicted octanol–water partition coefficient (Wildman–Crippen LogP) is 3.35. The van der Waals surface area contributed by atoms with Gasteiger partial charge in [-0.2, -0.15) is 0 Å². The minimum Gasteiger partial charge on any atom is -0.480 e. The fourth-order valence-corrected chi connectivity index (χ4v) is 2.71. The quantitative estimate of drug-likeness (QED) is 0.886. The van der Waals surface area contributed by atoms with Crippen LogP contribution in [0.3, 0.4) is 0 Å². The normalized spacial score (nSPS) is 11.8. The molecule has 0 saturated carbocycles. The van der Waals surface area contributed by atoms with E-state index in [0.717, 1.165) is 27.8 Å². The summed E-state index contributed by atoms with van der Waals surface area (Å²) in [4.78, 5) is 23.9. The van der Waals surface area contributed by atoms with Gasteiger partial charge in [0.15, 0.2) is 0 Å². The molecular formula is C20H23NO3. The standard InChI is InChI=1S/C20H23NO3/c1-12-7-13(2)9-17(8-12)19(22)21-18(20(23)24)11-16-6-5-14(3)15(4)10-16/h5-10,18H,11H2,1-4H3,(H,21,22)(H,23,24)/t18-/m1/s1. The summed E-state index contributed by atoms with van der Waals surface area (Å²) in [5, 5.41) is 12.1. The number of carboxylic acids is 1. The number of rotatable bonds is 5. The molecular weight excluding hydrogens is 302 g/mol. The molecule has 24 heavy (non-hydrogen) atoms. The zero-order valence-electron chi connectivity index (χ0n) is 14.5. The Balaban J connectivity index is 2.17. The number of carbonyl (C=O) groups excluding carboxylic acids is 1. The molecule has 0 heterocycles. The Morgan fingerprint density at radius 1 is 0.958 bits per heavy atom. The summed E-state index contributed by atoms with van der Waals surface area (Å²) in [6.07, 6.45) is 0.257. The average Bonchev–Trinajstić information content (AvgIpc) is 2.49. The Morgan fingerprint density at radius 2 is 1.58 bits per heavy atom. The highest BCUT2D eigenvalue weighted by Crippen LogP contribution is 2.13. The second kappa shape index (κ2) is 7.30. The number of nitrogens with one attached hydrogen (secondary N) is 1. The van der Waals surface area contributed by atoms with Crippen LogP contribution in [0.4, 0.5) is 0 Å². The van der Waals surface area contributed by atoms with E-state index in [0.29, 0.717) is 5.56 Å². The Morgan fingerprint density at radius 3 is 2.12 bits per heavy atom. The lowest BCUT2D eigenvalue weighted by atomic mass is 10.0. The molecule has 0 aromatic heterocycles. The minimum atomic E-state index is -1.04. The number of carboxylic acid groups (broad SMARTS) is 1. The van der Waals surface area contributed by atoms with E-state index in [9.17, 15) is 14.7 Å². The lowest BCUT2D eigenvalue weighted by Gasteiger charge is -2.16. The van der Waals surface area contributed by atoms with Crippen molar-refractivity contribution in [3.05, 3.63) is 69.8 Å². The van der Waals surface area contributed by atoms with Crippen molar-refractivity contribution in [1.82, 2.24) is 5.32 Å². The number of amides is 1. The first-order chi connectivity index (χ1) is 11.3. The Labute approximate surface area is 142 Å². The molecule has 4 nitrogen and oxygen atoms in total. The fraction of sp³-hybridized carbons (Fsp3) is 0.300. The monoisotopic (exact) mass is 325 g/mol. The molecule has 4 heteroatoms. The van der Waals surface area contributed by atoms with Crippen LogP contribution in [0.1, 0.15) is 38.2 Å². The van der Waals surface area contributed by atoms with Crippen molar-refractivity contribution in [2.45, 2.75) is 40.2 Å². The number of hydrogen-bond acceptors (Lipinski definition) is 2. The fourth-order valence-electron chi connectivity index (χ4n) is 2.71. The summed E-state index contributed by atoms with van der Waals surface area (Å²) < 4.78 is 0. The number of aliphatic carboxylic acids is 1. The van der Waals surface area contributed by atoms with Crippen molar-refractivity contribution in [3.8, 4) is 0 Å². The van der Waals surface area contributed by atoms with Crippen molar-refractivity contribution in [2.24, 2.45) is 0 Å². The van der Waals surface area contributed by atoms with Gasteiger partial charge in [-0.05, 0) is 56.5 Å². The number of carbonyl (C=O) groups is 2. The molecule has 0 spiro atoms. The van der Waals surface area contributed by atoms with Crippen molar-refractivity contribution in [2.75, 3.05) is 0 Å². The van der Waals surface area contributed by atoms with Gasteiger partial charge in [-0.1, -0.05) is 35.4 Å². The van der Waals surface area contributed by atoms with Crippen LogP contribution in [0.25, 0.3) is 0 Å². The van der Waals surface area contributed by atoms with E-state index in [-0.39, 0.29) is 12.3 Å². The zero-order valence-corrected chi connectivity index (χ0v) is 14.5. The lowest BCUT2D eigenvalue weighted by Crippen LogP contribution is -2.42. The van der Waals surface area contributed by atoms with Crippen LogP contribution >= 0.6 is 0 Å². The highest BCUT2D eigenvalue weighted by molar-refractivity contribution is 5.97. The predicted molar refractivity (Wildman–Crippen MR) is 94.4 cm³/mol. The largest absolute Gasteiger partial charge is 0.480 e. The van der Waals surface area contributed by atoms with Crippen LogP contribution in [-0.2, 0) is 11.2 Å². The zero-order chi connectivity index (χ0) is 17.9. The van der Waals surface area contributed by atoms with E-state index >= 15 is 0 Å². The van der Waals surface area contributed by atoms with Gasteiger partial charge >= 0.3 is 5.97 Å². The lowest BCUT2D eigenvalue weighted by molar-refractivity contribution is -0.139. The van der Waals surface area contributed by atoms with Crippen LogP contribution in [0.15, 0.2) is 36.4 Å². The maximum Gasteiger partial charge on any atom is 0.326 e. The van der Waals surface area contributed by atoms with Crippen molar-refractivity contribution in [1.29, 1.82) is 0 Å². The first kappa shape index (κ1) is 17.7. The van der Waals surface area contributed by atoms with E-state index in [1.54, 1.807) is 12.1 Å². The molecule has 0 fully saturated rings. The molecule has 0 saturated heterocycles. The van der Waals surface area contributed by atoms with Crippen LogP contribution in [-0.4, -0.2) is 23.0 Å². The molecule has 0 aliphatic carbocycles. The molecule has 1 amide bonds. The Hall–Kier alpha value is -2.62. The highest BCUT2D eigenvalue weighted by Gasteiger charge is 2.21. The van der Waals surface area contributed by atoms with E-state index in [4.69, 9.17) is 0 Å². The van der Waals surface area contributed by atoms with E-state index in [1.807, 2.05) is 52.0 Å². The van der Waals surface area contributed by atoms with Crippen molar-refractivity contribution >= 4 is 11.9 Å². The highest BCUT2D eigenvalue weighted by atomic mass is 16.4. The van der Waals surface area contributed by atoms with Crippen molar-refractivity contribution < 1.29 is 14.7 Å². The molecule has 2 aromatic rings. The molecule has 0 radical (unpaired) electrons. The minimum absolute atomic E-state index is 0.257. The molecule has 0 aliphatic heterocycles. The van der Waals surface area contributed by atoms with Gasteiger partial charge in [0.2, 0.25) is 0 Å². The summed E-state index contributed by atoms with van der Waals surface area (Å²) in [7, 11) is 0. The van der Waals surface area contributed by atoms with Gasteiger partial charge in [0.25, 0.3) is 5.91 Å². The second-order valence-electron chi connectivity index (χ2n) is 6.36. The van der Waals surface area contributed by atoms with Crippen LogP contribution in [0, 0.1) is 27.7 Å². The third kappa shape index (κ3) is 4.44. The van der Waals surface area contributed by atoms with Gasteiger partial charge in [-0.25, -0.2) is 4.79 Å². The van der Waals surface area contributed by atoms with Gasteiger partial charge in [-0.15, -0.1) is 0 Å². The Kier molecular flexibility index (Phi) is 5.39. The maximum absolute atomic E-state index is 12.4. The molecule has 2 rings (SSSR count). The van der Waals surface area contributed by atoms with Crippen molar-refractivity contribution in [3.63, 3.8) is 0 Å². The van der Waals surface area contributed by atoms with Gasteiger partial charge in [0, 0.05) is 12.0 Å². The molecule has 0 unspecified atom stereocenters. The molecule has 0 bridgehead atoms. The summed E-state index contributed by atoms with van der Waals surface area (Å²) in [6, 6.07) is 10.4. The van der Waals surface area contributed by atoms with Crippen LogP contribution in [0.2, 0.25) is 0 Å². The van der Waals surface area contributed by atoms with Gasteiger partial charge in [0.1, 0.15) is 6.04 Å². The molecule has 1 atom stereocenters. The summed E-state index contributed by atoms with van der Waals surface area (Å²) in [5.41, 5.74) is 5.59. The smallest absolute Gasteiger partial charge is 0.326 e. The van der Waals surface area contributed by atoms with Gasteiger partial charge in [-0.3, -0.25) is 4.79 Å². The summed E-state index contributed by atoms with van der Waals surface area (Å²) in [5.74, 6) is -1.40. The maximum atomic E-state index is 12.4. The molecule has 2 N–H and O–H groups in total. The van der Waals surface area contributed by atoms with E-state index < -0.39 is 12.0 Å². The number of benzene rings is 2. The third-order valence-corrected chi connectivity index (χ3v) is 4.10. The van der Waals surface area contributed by atoms with Crippen LogP contribution in [0.5, 0.6) is 0 Å². The number of hydrogen-bond donors (Lipinski definition) is 2. The first-order valence-corrected chi connectivity index (χ1v) is 7.94. The third-order valence-electron chi connectivity index (χ3n) is 4.10. The average molecular weight is 325 g/mol. The van der Waals surface area contributed by atoms with Gasteiger partial charge in [0.05, 0.1) is 0 Å².